The smallest absolute Gasteiger partial charge is 0.251 e. The Kier molecular flexibility index (Phi) is 9.75. The second-order valence-corrected chi connectivity index (χ2v) is 6.52. The quantitative estimate of drug-likeness (QED) is 0.513. The minimum atomic E-state index is -0.122. The summed E-state index contributed by atoms with van der Waals surface area (Å²) >= 11 is 0. The van der Waals surface area contributed by atoms with Crippen molar-refractivity contribution >= 4 is 32.6 Å². The summed E-state index contributed by atoms with van der Waals surface area (Å²) in [5.41, 5.74) is 1.58. The zero-order valence-corrected chi connectivity index (χ0v) is 16.1. The van der Waals surface area contributed by atoms with Crippen LogP contribution in [0.2, 0.25) is 0 Å². The summed E-state index contributed by atoms with van der Waals surface area (Å²) in [7, 11) is 4.13. The molecule has 0 aliphatic carbocycles. The number of benzene rings is 1. The van der Waals surface area contributed by atoms with Crippen LogP contribution in [0.5, 0.6) is 0 Å². The molecule has 0 spiro atoms. The Balaban J connectivity index is 2.51. The predicted molar refractivity (Wildman–Crippen MR) is 105 cm³/mol. The molecule has 0 saturated heterocycles. The fraction of sp³-hybridized carbons (Fsp3) is 0.421. The van der Waals surface area contributed by atoms with E-state index in [1.807, 2.05) is 37.3 Å². The molecule has 0 radical (unpaired) electrons. The van der Waals surface area contributed by atoms with Crippen molar-refractivity contribution in [2.45, 2.75) is 32.2 Å². The van der Waals surface area contributed by atoms with Crippen LogP contribution in [0, 0.1) is 0 Å². The minimum Gasteiger partial charge on any atom is -0.349 e. The first-order valence-electron chi connectivity index (χ1n) is 8.29. The summed E-state index contributed by atoms with van der Waals surface area (Å²) < 4.78 is 5.17. The Morgan fingerprint density at radius 2 is 2.16 bits per heavy atom. The van der Waals surface area contributed by atoms with Gasteiger partial charge in [0, 0.05) is 34.5 Å². The van der Waals surface area contributed by atoms with E-state index in [2.05, 4.69) is 11.6 Å². The molecule has 0 fully saturated rings. The lowest BCUT2D eigenvalue weighted by molar-refractivity contribution is -0.128. The van der Waals surface area contributed by atoms with Gasteiger partial charge < -0.3 is 14.7 Å². The molecule has 0 aromatic heterocycles. The zero-order valence-electron chi connectivity index (χ0n) is 15.2. The van der Waals surface area contributed by atoms with Crippen LogP contribution in [0.3, 0.4) is 0 Å². The van der Waals surface area contributed by atoms with Gasteiger partial charge in [-0.15, -0.1) is 0 Å². The molecule has 0 heterocycles. The maximum atomic E-state index is 12.2. The normalized spacial score (nSPS) is 12.3. The topological polar surface area (TPSA) is 58.6 Å². The van der Waals surface area contributed by atoms with Crippen LogP contribution < -0.4 is 5.32 Å². The van der Waals surface area contributed by atoms with E-state index in [0.29, 0.717) is 27.0 Å². The van der Waals surface area contributed by atoms with Crippen molar-refractivity contribution in [2.75, 3.05) is 20.7 Å². The van der Waals surface area contributed by atoms with Crippen LogP contribution in [-0.2, 0) is 9.32 Å². The van der Waals surface area contributed by atoms with E-state index >= 15 is 0 Å². The van der Waals surface area contributed by atoms with Gasteiger partial charge in [-0.2, -0.15) is 0 Å². The van der Waals surface area contributed by atoms with Crippen LogP contribution in [0.15, 0.2) is 30.3 Å². The lowest BCUT2D eigenvalue weighted by Gasteiger charge is -2.12. The number of amides is 2. The van der Waals surface area contributed by atoms with Gasteiger partial charge in [0.15, 0.2) is 0 Å². The molecular weight excluding hydrogens is 335 g/mol. The molecule has 1 aromatic rings. The number of rotatable bonds is 10. The third-order valence-electron chi connectivity index (χ3n) is 3.51. The maximum absolute atomic E-state index is 12.2. The predicted octanol–water partition coefficient (Wildman–Crippen LogP) is 3.39. The third-order valence-corrected chi connectivity index (χ3v) is 3.84. The Bertz CT molecular complexity index is 614. The molecule has 0 saturated carbocycles. The summed E-state index contributed by atoms with van der Waals surface area (Å²) in [6, 6.07) is 7.38. The van der Waals surface area contributed by atoms with E-state index in [4.69, 9.17) is 4.52 Å². The van der Waals surface area contributed by atoms with Crippen LogP contribution in [0.1, 0.15) is 42.1 Å². The van der Waals surface area contributed by atoms with Crippen molar-refractivity contribution in [1.82, 2.24) is 10.2 Å². The van der Waals surface area contributed by atoms with Crippen LogP contribution in [0.25, 0.3) is 6.08 Å². The summed E-state index contributed by atoms with van der Waals surface area (Å²) in [4.78, 5) is 25.3. The van der Waals surface area contributed by atoms with E-state index in [0.717, 1.165) is 18.4 Å². The van der Waals surface area contributed by atoms with Gasteiger partial charge in [-0.1, -0.05) is 24.3 Å². The molecule has 1 atom stereocenters. The summed E-state index contributed by atoms with van der Waals surface area (Å²) in [5, 5.41) is 2.90. The highest BCUT2D eigenvalue weighted by atomic mass is 31.1. The van der Waals surface area contributed by atoms with Crippen LogP contribution >= 0.6 is 8.43 Å². The Morgan fingerprint density at radius 1 is 1.40 bits per heavy atom. The summed E-state index contributed by atoms with van der Waals surface area (Å²) in [6.45, 7) is 2.32. The number of hydrogen-bond acceptors (Lipinski definition) is 3. The molecule has 0 aliphatic heterocycles. The molecule has 0 bridgehead atoms. The fourth-order valence-electron chi connectivity index (χ4n) is 2.11. The largest absolute Gasteiger partial charge is 0.349 e. The molecule has 2 amide bonds. The van der Waals surface area contributed by atoms with E-state index in [1.54, 1.807) is 25.1 Å². The van der Waals surface area contributed by atoms with Gasteiger partial charge in [0.1, 0.15) is 0 Å². The molecule has 1 rings (SSSR count). The van der Waals surface area contributed by atoms with Crippen molar-refractivity contribution in [3.8, 4) is 0 Å². The van der Waals surface area contributed by atoms with Gasteiger partial charge >= 0.3 is 0 Å². The van der Waals surface area contributed by atoms with E-state index < -0.39 is 0 Å². The van der Waals surface area contributed by atoms with Crippen molar-refractivity contribution in [1.29, 1.82) is 0 Å². The van der Waals surface area contributed by atoms with E-state index in [1.165, 1.54) is 0 Å². The van der Waals surface area contributed by atoms with E-state index in [-0.39, 0.29) is 17.9 Å². The molecule has 25 heavy (non-hydrogen) atoms. The molecular formula is C19H27N2O3P. The molecule has 136 valence electrons. The number of hydrogen-bond donors (Lipinski definition) is 1. The Morgan fingerprint density at radius 3 is 2.84 bits per heavy atom. The van der Waals surface area contributed by atoms with Gasteiger partial charge in [-0.05, 0) is 43.8 Å². The summed E-state index contributed by atoms with van der Waals surface area (Å²) in [6.07, 6.45) is 9.78. The SMILES string of the molecule is C=POCC(C)NC(=O)c1cccc(/C=C\CCCC(=O)N(C)C)c1. The van der Waals surface area contributed by atoms with Gasteiger partial charge in [-0.25, -0.2) is 0 Å². The number of carbonyl (C=O) groups is 2. The number of allylic oxidation sites excluding steroid dienone is 1. The zero-order chi connectivity index (χ0) is 18.7. The monoisotopic (exact) mass is 362 g/mol. The second-order valence-electron chi connectivity index (χ2n) is 6.01. The first kappa shape index (κ1) is 21.1. The number of carbonyl (C=O) groups excluding carboxylic acids is 2. The highest BCUT2D eigenvalue weighted by Gasteiger charge is 2.09. The lowest BCUT2D eigenvalue weighted by Crippen LogP contribution is -2.35. The lowest BCUT2D eigenvalue weighted by atomic mass is 10.1. The van der Waals surface area contributed by atoms with Crippen LogP contribution in [-0.4, -0.2) is 49.8 Å². The summed E-state index contributed by atoms with van der Waals surface area (Å²) in [5.74, 6) is 0.0205. The van der Waals surface area contributed by atoms with Gasteiger partial charge in [-0.3, -0.25) is 9.59 Å². The Labute approximate surface area is 151 Å². The third kappa shape index (κ3) is 8.62. The highest BCUT2D eigenvalue weighted by Crippen LogP contribution is 2.09. The minimum absolute atomic E-state index is 0.0739. The number of nitrogens with one attached hydrogen (secondary N) is 1. The maximum Gasteiger partial charge on any atom is 0.251 e. The standard InChI is InChI=1S/C19H27N2O3P/c1-15(14-24-25-4)20-19(23)17-11-8-10-16(13-17)9-6-5-7-12-18(22)21(2)3/h6,8-11,13,15H,4-5,7,12,14H2,1-3H3,(H,20,23)/b9-6-. The average molecular weight is 362 g/mol. The first-order chi connectivity index (χ1) is 11.9. The van der Waals surface area contributed by atoms with Crippen molar-refractivity contribution in [3.63, 3.8) is 0 Å². The number of nitrogens with zero attached hydrogens (tertiary/aromatic N) is 1. The average Bonchev–Trinajstić information content (AvgIpc) is 2.59. The molecule has 1 unspecified atom stereocenters. The second kappa shape index (κ2) is 11.6. The fourth-order valence-corrected chi connectivity index (χ4v) is 2.44. The van der Waals surface area contributed by atoms with Gasteiger partial charge in [0.2, 0.25) is 5.91 Å². The molecule has 6 heteroatoms. The Hall–Kier alpha value is -1.97. The van der Waals surface area contributed by atoms with Crippen molar-refractivity contribution in [3.05, 3.63) is 41.5 Å². The van der Waals surface area contributed by atoms with Gasteiger partial charge in [0.05, 0.1) is 12.6 Å². The van der Waals surface area contributed by atoms with E-state index in [9.17, 15) is 9.59 Å². The molecule has 0 aliphatic rings. The highest BCUT2D eigenvalue weighted by molar-refractivity contribution is 7.30. The van der Waals surface area contributed by atoms with Crippen molar-refractivity contribution in [2.24, 2.45) is 0 Å². The molecule has 1 aromatic carbocycles. The first-order valence-corrected chi connectivity index (χ1v) is 9.29. The molecule has 5 nitrogen and oxygen atoms in total. The van der Waals surface area contributed by atoms with Crippen molar-refractivity contribution < 1.29 is 14.1 Å². The number of unbranched alkanes of at least 4 members (excludes halogenated alkanes) is 1. The van der Waals surface area contributed by atoms with Crippen LogP contribution in [0.4, 0.5) is 0 Å². The van der Waals surface area contributed by atoms with Gasteiger partial charge in [0.25, 0.3) is 5.91 Å². The molecule has 1 N–H and O–H groups in total.